The fourth-order valence-electron chi connectivity index (χ4n) is 3.87. The molecule has 1 aliphatic heterocycles. The molecule has 102 valence electrons. The molecule has 2 aliphatic rings. The van der Waals surface area contributed by atoms with Crippen LogP contribution in [0, 0.1) is 22.7 Å². The Kier molecular flexibility index (Phi) is 3.99. The second-order valence-corrected chi connectivity index (χ2v) is 6.11. The summed E-state index contributed by atoms with van der Waals surface area (Å²) in [5.74, 6) is 0.748. The molecule has 2 unspecified atom stereocenters. The van der Waals surface area contributed by atoms with E-state index in [9.17, 15) is 10.4 Å². The minimum atomic E-state index is -0.932. The topological polar surface area (TPSA) is 53.2 Å². The van der Waals surface area contributed by atoms with E-state index in [2.05, 4.69) is 13.0 Å². The van der Waals surface area contributed by atoms with Crippen molar-refractivity contribution in [1.82, 2.24) is 0 Å². The monoisotopic (exact) mass is 251 g/mol. The third kappa shape index (κ3) is 2.06. The summed E-state index contributed by atoms with van der Waals surface area (Å²) in [6.07, 6.45) is 6.70. The number of nitriles is 1. The van der Waals surface area contributed by atoms with Gasteiger partial charge in [-0.3, -0.25) is 0 Å². The van der Waals surface area contributed by atoms with Crippen LogP contribution in [0.25, 0.3) is 0 Å². The molecule has 3 heteroatoms. The van der Waals surface area contributed by atoms with E-state index in [0.717, 1.165) is 31.6 Å². The highest BCUT2D eigenvalue weighted by Crippen LogP contribution is 2.51. The molecule has 1 saturated carbocycles. The molecule has 2 atom stereocenters. The largest absolute Gasteiger partial charge is 0.385 e. The smallest absolute Gasteiger partial charge is 0.111 e. The fraction of sp³-hybridized carbons (Fsp3) is 0.933. The SMILES string of the molecule is CCCC1CCC(C#N)(C2(O)CCOC2C)CC1. The van der Waals surface area contributed by atoms with E-state index in [1.807, 2.05) is 6.92 Å². The molecular formula is C15H25NO2. The number of ether oxygens (including phenoxy) is 1. The van der Waals surface area contributed by atoms with Gasteiger partial charge in [-0.25, -0.2) is 0 Å². The van der Waals surface area contributed by atoms with E-state index < -0.39 is 11.0 Å². The number of hydrogen-bond acceptors (Lipinski definition) is 3. The highest BCUT2D eigenvalue weighted by molar-refractivity contribution is 5.16. The van der Waals surface area contributed by atoms with Gasteiger partial charge in [0, 0.05) is 13.0 Å². The lowest BCUT2D eigenvalue weighted by Crippen LogP contribution is -2.53. The van der Waals surface area contributed by atoms with Crippen molar-refractivity contribution < 1.29 is 9.84 Å². The lowest BCUT2D eigenvalue weighted by molar-refractivity contribution is -0.114. The molecule has 1 heterocycles. The fourth-order valence-corrected chi connectivity index (χ4v) is 3.87. The Bertz CT molecular complexity index is 328. The molecule has 3 nitrogen and oxygen atoms in total. The lowest BCUT2D eigenvalue weighted by Gasteiger charge is -2.46. The molecule has 0 radical (unpaired) electrons. The second kappa shape index (κ2) is 5.19. The van der Waals surface area contributed by atoms with Gasteiger partial charge >= 0.3 is 0 Å². The zero-order chi connectivity index (χ0) is 13.2. The maximum absolute atomic E-state index is 10.9. The van der Waals surface area contributed by atoms with Gasteiger partial charge in [-0.05, 0) is 38.5 Å². The predicted molar refractivity (Wildman–Crippen MR) is 69.9 cm³/mol. The van der Waals surface area contributed by atoms with Gasteiger partial charge in [0.1, 0.15) is 5.60 Å². The Hall–Kier alpha value is -0.590. The number of nitrogens with zero attached hydrogens (tertiary/aromatic N) is 1. The van der Waals surface area contributed by atoms with Crippen LogP contribution >= 0.6 is 0 Å². The van der Waals surface area contributed by atoms with Crippen molar-refractivity contribution in [2.24, 2.45) is 11.3 Å². The van der Waals surface area contributed by atoms with Gasteiger partial charge < -0.3 is 9.84 Å². The van der Waals surface area contributed by atoms with Crippen molar-refractivity contribution in [1.29, 1.82) is 5.26 Å². The van der Waals surface area contributed by atoms with Crippen LogP contribution in [0.2, 0.25) is 0 Å². The summed E-state index contributed by atoms with van der Waals surface area (Å²) in [4.78, 5) is 0. The first-order valence-electron chi connectivity index (χ1n) is 7.33. The lowest BCUT2D eigenvalue weighted by atomic mass is 9.60. The molecule has 0 amide bonds. The van der Waals surface area contributed by atoms with Gasteiger partial charge in [0.2, 0.25) is 0 Å². The van der Waals surface area contributed by atoms with E-state index in [-0.39, 0.29) is 6.10 Å². The van der Waals surface area contributed by atoms with Crippen LogP contribution in [0.5, 0.6) is 0 Å². The molecule has 0 aromatic carbocycles. The third-order valence-corrected chi connectivity index (χ3v) is 5.22. The maximum Gasteiger partial charge on any atom is 0.111 e. The average molecular weight is 251 g/mol. The molecule has 0 spiro atoms. The summed E-state index contributed by atoms with van der Waals surface area (Å²) in [5.41, 5.74) is -1.51. The maximum atomic E-state index is 10.9. The summed E-state index contributed by atoms with van der Waals surface area (Å²) in [6, 6.07) is 2.46. The standard InChI is InChI=1S/C15H25NO2/c1-3-4-13-5-7-14(11-16,8-6-13)15(17)9-10-18-12(15)2/h12-13,17H,3-10H2,1-2H3. The Balaban J connectivity index is 2.12. The third-order valence-electron chi connectivity index (χ3n) is 5.22. The summed E-state index contributed by atoms with van der Waals surface area (Å²) < 4.78 is 5.52. The van der Waals surface area contributed by atoms with E-state index >= 15 is 0 Å². The van der Waals surface area contributed by atoms with Gasteiger partial charge in [0.15, 0.2) is 0 Å². The van der Waals surface area contributed by atoms with Crippen LogP contribution < -0.4 is 0 Å². The number of hydrogen-bond donors (Lipinski definition) is 1. The van der Waals surface area contributed by atoms with E-state index in [0.29, 0.717) is 13.0 Å². The quantitative estimate of drug-likeness (QED) is 0.838. The van der Waals surface area contributed by atoms with Gasteiger partial charge in [0.05, 0.1) is 17.6 Å². The van der Waals surface area contributed by atoms with Crippen LogP contribution in [0.1, 0.15) is 58.8 Å². The molecule has 18 heavy (non-hydrogen) atoms. The Labute approximate surface area is 110 Å². The van der Waals surface area contributed by atoms with Gasteiger partial charge in [-0.1, -0.05) is 19.8 Å². The van der Waals surface area contributed by atoms with Crippen molar-refractivity contribution in [3.8, 4) is 6.07 Å². The van der Waals surface area contributed by atoms with E-state index in [1.165, 1.54) is 12.8 Å². The predicted octanol–water partition coefficient (Wildman–Crippen LogP) is 3.03. The number of aliphatic hydroxyl groups is 1. The van der Waals surface area contributed by atoms with Crippen molar-refractivity contribution in [3.05, 3.63) is 0 Å². The highest BCUT2D eigenvalue weighted by atomic mass is 16.5. The van der Waals surface area contributed by atoms with Crippen LogP contribution in [-0.4, -0.2) is 23.4 Å². The molecule has 2 fully saturated rings. The molecule has 0 aromatic heterocycles. The molecular weight excluding hydrogens is 226 g/mol. The minimum absolute atomic E-state index is 0.208. The average Bonchev–Trinajstić information content (AvgIpc) is 2.73. The van der Waals surface area contributed by atoms with Gasteiger partial charge in [0.25, 0.3) is 0 Å². The normalized spacial score (nSPS) is 44.8. The van der Waals surface area contributed by atoms with Gasteiger partial charge in [-0.2, -0.15) is 5.26 Å². The molecule has 1 saturated heterocycles. The van der Waals surface area contributed by atoms with Gasteiger partial charge in [-0.15, -0.1) is 0 Å². The second-order valence-electron chi connectivity index (χ2n) is 6.11. The Morgan fingerprint density at radius 3 is 2.44 bits per heavy atom. The summed E-state index contributed by atoms with van der Waals surface area (Å²) in [5, 5.41) is 20.5. The van der Waals surface area contributed by atoms with Crippen molar-refractivity contribution in [2.75, 3.05) is 6.61 Å². The molecule has 0 bridgehead atoms. The van der Waals surface area contributed by atoms with Crippen molar-refractivity contribution in [2.45, 2.75) is 70.5 Å². The van der Waals surface area contributed by atoms with Crippen LogP contribution in [0.4, 0.5) is 0 Å². The first kappa shape index (κ1) is 13.8. The van der Waals surface area contributed by atoms with Crippen LogP contribution in [-0.2, 0) is 4.74 Å². The molecule has 2 rings (SSSR count). The first-order valence-corrected chi connectivity index (χ1v) is 7.33. The first-order chi connectivity index (χ1) is 8.58. The molecule has 1 aliphatic carbocycles. The Morgan fingerprint density at radius 2 is 2.00 bits per heavy atom. The van der Waals surface area contributed by atoms with Crippen molar-refractivity contribution in [3.63, 3.8) is 0 Å². The minimum Gasteiger partial charge on any atom is -0.385 e. The Morgan fingerprint density at radius 1 is 1.33 bits per heavy atom. The molecule has 0 aromatic rings. The summed E-state index contributed by atoms with van der Waals surface area (Å²) in [7, 11) is 0. The zero-order valence-corrected chi connectivity index (χ0v) is 11.6. The highest BCUT2D eigenvalue weighted by Gasteiger charge is 2.57. The summed E-state index contributed by atoms with van der Waals surface area (Å²) >= 11 is 0. The molecule has 1 N–H and O–H groups in total. The van der Waals surface area contributed by atoms with Crippen molar-refractivity contribution >= 4 is 0 Å². The zero-order valence-electron chi connectivity index (χ0n) is 11.6. The van der Waals surface area contributed by atoms with Crippen LogP contribution in [0.3, 0.4) is 0 Å². The van der Waals surface area contributed by atoms with E-state index in [1.54, 1.807) is 0 Å². The summed E-state index contributed by atoms with van der Waals surface area (Å²) in [6.45, 7) is 4.70. The number of rotatable bonds is 3. The van der Waals surface area contributed by atoms with Crippen LogP contribution in [0.15, 0.2) is 0 Å². The van der Waals surface area contributed by atoms with E-state index in [4.69, 9.17) is 4.74 Å².